The summed E-state index contributed by atoms with van der Waals surface area (Å²) in [5, 5.41) is 5.58. The number of carbonyl (C=O) groups is 1. The number of benzene rings is 1. The van der Waals surface area contributed by atoms with Crippen molar-refractivity contribution in [3.8, 4) is 5.69 Å². The van der Waals surface area contributed by atoms with Gasteiger partial charge in [-0.1, -0.05) is 30.1 Å². The first-order valence-corrected chi connectivity index (χ1v) is 9.48. The number of rotatable bonds is 4. The molecule has 1 unspecified atom stereocenters. The van der Waals surface area contributed by atoms with Crippen molar-refractivity contribution in [1.82, 2.24) is 14.7 Å². The van der Waals surface area contributed by atoms with Crippen LogP contribution < -0.4 is 5.73 Å². The number of aromatic nitrogens is 2. The normalized spacial score (nSPS) is 20.0. The summed E-state index contributed by atoms with van der Waals surface area (Å²) < 4.78 is 1.81. The Balaban J connectivity index is 1.82. The SMILES string of the molecule is Cc1nn(-c2ccc(Cl)c(Cl)c2)c(C)c1CC(=O)N1CCC(C)(CN)C1. The van der Waals surface area contributed by atoms with E-state index in [9.17, 15) is 4.79 Å². The fraction of sp³-hybridized carbons (Fsp3) is 0.474. The molecule has 1 aliphatic rings. The molecule has 0 spiro atoms. The van der Waals surface area contributed by atoms with Crippen LogP contribution in [0.4, 0.5) is 0 Å². The lowest BCUT2D eigenvalue weighted by Crippen LogP contribution is -2.35. The highest BCUT2D eigenvalue weighted by molar-refractivity contribution is 6.42. The number of nitrogens with zero attached hydrogens (tertiary/aromatic N) is 3. The monoisotopic (exact) mass is 394 g/mol. The first-order valence-electron chi connectivity index (χ1n) is 8.72. The highest BCUT2D eigenvalue weighted by Crippen LogP contribution is 2.30. The van der Waals surface area contributed by atoms with Crippen LogP contribution in [0.1, 0.15) is 30.3 Å². The van der Waals surface area contributed by atoms with Gasteiger partial charge in [-0.25, -0.2) is 4.68 Å². The summed E-state index contributed by atoms with van der Waals surface area (Å²) in [7, 11) is 0. The van der Waals surface area contributed by atoms with Gasteiger partial charge in [-0.2, -0.15) is 5.10 Å². The lowest BCUT2D eigenvalue weighted by Gasteiger charge is -2.22. The summed E-state index contributed by atoms with van der Waals surface area (Å²) in [6, 6.07) is 5.40. The lowest BCUT2D eigenvalue weighted by atomic mass is 9.90. The van der Waals surface area contributed by atoms with Crippen molar-refractivity contribution >= 4 is 29.1 Å². The van der Waals surface area contributed by atoms with Crippen LogP contribution in [0.5, 0.6) is 0 Å². The zero-order chi connectivity index (χ0) is 19.1. The molecule has 1 amide bonds. The van der Waals surface area contributed by atoms with Crippen molar-refractivity contribution in [3.05, 3.63) is 45.2 Å². The molecular formula is C19H24Cl2N4O. The largest absolute Gasteiger partial charge is 0.342 e. The minimum atomic E-state index is 0.0317. The first-order chi connectivity index (χ1) is 12.2. The fourth-order valence-electron chi connectivity index (χ4n) is 3.47. The van der Waals surface area contributed by atoms with E-state index in [-0.39, 0.29) is 11.3 Å². The van der Waals surface area contributed by atoms with Crippen LogP contribution in [0.2, 0.25) is 10.0 Å². The second-order valence-electron chi connectivity index (χ2n) is 7.42. The number of halogens is 2. The van der Waals surface area contributed by atoms with E-state index in [1.165, 1.54) is 0 Å². The van der Waals surface area contributed by atoms with Crippen LogP contribution in [0.3, 0.4) is 0 Å². The Kier molecular flexibility index (Phi) is 5.33. The van der Waals surface area contributed by atoms with Crippen LogP contribution in [0, 0.1) is 19.3 Å². The highest BCUT2D eigenvalue weighted by Gasteiger charge is 2.35. The molecule has 2 N–H and O–H groups in total. The standard InChI is InChI=1S/C19H24Cl2N4O/c1-12-15(9-18(26)24-7-6-19(3,10-22)11-24)13(2)25(23-12)14-4-5-16(20)17(21)8-14/h4-5,8H,6-7,9-11,22H2,1-3H3. The number of carbonyl (C=O) groups excluding carboxylic acids is 1. The van der Waals surface area contributed by atoms with Gasteiger partial charge in [-0.3, -0.25) is 4.79 Å². The third-order valence-electron chi connectivity index (χ3n) is 5.32. The first kappa shape index (κ1) is 19.2. The van der Waals surface area contributed by atoms with Gasteiger partial charge < -0.3 is 10.6 Å². The van der Waals surface area contributed by atoms with E-state index in [1.807, 2.05) is 29.5 Å². The van der Waals surface area contributed by atoms with Crippen LogP contribution in [0.15, 0.2) is 18.2 Å². The number of amides is 1. The minimum absolute atomic E-state index is 0.0317. The fourth-order valence-corrected chi connectivity index (χ4v) is 3.76. The molecular weight excluding hydrogens is 371 g/mol. The van der Waals surface area contributed by atoms with Gasteiger partial charge in [0.05, 0.1) is 27.8 Å². The van der Waals surface area contributed by atoms with Gasteiger partial charge in [0.15, 0.2) is 0 Å². The van der Waals surface area contributed by atoms with Crippen LogP contribution in [0.25, 0.3) is 5.69 Å². The summed E-state index contributed by atoms with van der Waals surface area (Å²) in [5.41, 5.74) is 9.46. The maximum absolute atomic E-state index is 12.8. The summed E-state index contributed by atoms with van der Waals surface area (Å²) in [5.74, 6) is 0.127. The van der Waals surface area contributed by atoms with Crippen LogP contribution in [-0.2, 0) is 11.2 Å². The quantitative estimate of drug-likeness (QED) is 0.862. The average Bonchev–Trinajstić information content (AvgIpc) is 3.13. The predicted octanol–water partition coefficient (Wildman–Crippen LogP) is 3.54. The Labute approximate surface area is 164 Å². The van der Waals surface area contributed by atoms with E-state index in [0.717, 1.165) is 42.1 Å². The number of nitrogens with two attached hydrogens (primary N) is 1. The molecule has 2 aromatic rings. The maximum Gasteiger partial charge on any atom is 0.227 e. The molecule has 2 heterocycles. The molecule has 5 nitrogen and oxygen atoms in total. The van der Waals surface area contributed by atoms with Crippen LogP contribution in [-0.4, -0.2) is 40.2 Å². The molecule has 0 aliphatic carbocycles. The third kappa shape index (κ3) is 3.61. The number of hydrogen-bond acceptors (Lipinski definition) is 3. The Morgan fingerprint density at radius 3 is 2.65 bits per heavy atom. The van der Waals surface area contributed by atoms with Gasteiger partial charge in [0, 0.05) is 24.3 Å². The van der Waals surface area contributed by atoms with E-state index in [2.05, 4.69) is 12.0 Å². The zero-order valence-electron chi connectivity index (χ0n) is 15.4. The molecule has 3 rings (SSSR count). The minimum Gasteiger partial charge on any atom is -0.342 e. The molecule has 1 aromatic carbocycles. The Morgan fingerprint density at radius 1 is 1.31 bits per heavy atom. The van der Waals surface area contributed by atoms with Crippen LogP contribution >= 0.6 is 23.2 Å². The van der Waals surface area contributed by atoms with Crippen molar-refractivity contribution in [2.24, 2.45) is 11.1 Å². The number of likely N-dealkylation sites (tertiary alicyclic amines) is 1. The molecule has 140 valence electrons. The molecule has 1 atom stereocenters. The summed E-state index contributed by atoms with van der Waals surface area (Å²) in [4.78, 5) is 14.7. The second kappa shape index (κ2) is 7.22. The smallest absolute Gasteiger partial charge is 0.227 e. The Hall–Kier alpha value is -1.56. The van der Waals surface area contributed by atoms with Gasteiger partial charge in [-0.15, -0.1) is 0 Å². The molecule has 0 radical (unpaired) electrons. The van der Waals surface area contributed by atoms with E-state index in [4.69, 9.17) is 28.9 Å². The van der Waals surface area contributed by atoms with Crippen molar-refractivity contribution in [3.63, 3.8) is 0 Å². The average molecular weight is 395 g/mol. The number of hydrogen-bond donors (Lipinski definition) is 1. The van der Waals surface area contributed by atoms with Crippen molar-refractivity contribution < 1.29 is 4.79 Å². The highest BCUT2D eigenvalue weighted by atomic mass is 35.5. The van der Waals surface area contributed by atoms with E-state index in [0.29, 0.717) is 23.0 Å². The van der Waals surface area contributed by atoms with E-state index in [1.54, 1.807) is 12.1 Å². The van der Waals surface area contributed by atoms with Crippen molar-refractivity contribution in [1.29, 1.82) is 0 Å². The molecule has 1 aliphatic heterocycles. The molecule has 7 heteroatoms. The van der Waals surface area contributed by atoms with Gasteiger partial charge in [0.2, 0.25) is 5.91 Å². The van der Waals surface area contributed by atoms with E-state index < -0.39 is 0 Å². The van der Waals surface area contributed by atoms with Gasteiger partial charge in [0.1, 0.15) is 0 Å². The molecule has 1 saturated heterocycles. The summed E-state index contributed by atoms with van der Waals surface area (Å²) in [6.45, 7) is 8.13. The lowest BCUT2D eigenvalue weighted by molar-refractivity contribution is -0.129. The molecule has 26 heavy (non-hydrogen) atoms. The van der Waals surface area contributed by atoms with E-state index >= 15 is 0 Å². The van der Waals surface area contributed by atoms with Gasteiger partial charge in [0.25, 0.3) is 0 Å². The molecule has 1 aromatic heterocycles. The van der Waals surface area contributed by atoms with Gasteiger partial charge >= 0.3 is 0 Å². The van der Waals surface area contributed by atoms with Gasteiger partial charge in [-0.05, 0) is 50.4 Å². The van der Waals surface area contributed by atoms with Crippen molar-refractivity contribution in [2.75, 3.05) is 19.6 Å². The van der Waals surface area contributed by atoms with Crippen molar-refractivity contribution in [2.45, 2.75) is 33.6 Å². The summed E-state index contributed by atoms with van der Waals surface area (Å²) in [6.07, 6.45) is 1.30. The zero-order valence-corrected chi connectivity index (χ0v) is 16.9. The molecule has 0 saturated carbocycles. The topological polar surface area (TPSA) is 64.2 Å². The Morgan fingerprint density at radius 2 is 2.04 bits per heavy atom. The third-order valence-corrected chi connectivity index (χ3v) is 6.06. The summed E-state index contributed by atoms with van der Waals surface area (Å²) >= 11 is 12.1. The Bertz CT molecular complexity index is 848. The molecule has 1 fully saturated rings. The second-order valence-corrected chi connectivity index (χ2v) is 8.23. The number of aryl methyl sites for hydroxylation is 1. The molecule has 0 bridgehead atoms. The maximum atomic E-state index is 12.8. The predicted molar refractivity (Wildman–Crippen MR) is 105 cm³/mol.